The maximum Gasteiger partial charge on any atom is 0.237 e. The highest BCUT2D eigenvalue weighted by atomic mass is 32.2. The van der Waals surface area contributed by atoms with Crippen molar-refractivity contribution in [3.05, 3.63) is 47.4 Å². The topological polar surface area (TPSA) is 51.0 Å². The van der Waals surface area contributed by atoms with E-state index in [-0.39, 0.29) is 5.91 Å². The number of hydrogen-bond donors (Lipinski definition) is 0. The Morgan fingerprint density at radius 3 is 2.81 bits per heavy atom. The molecular formula is C20H26N4OS. The van der Waals surface area contributed by atoms with Gasteiger partial charge in [0.15, 0.2) is 5.16 Å². The first kappa shape index (κ1) is 18.7. The van der Waals surface area contributed by atoms with Gasteiger partial charge in [-0.3, -0.25) is 9.36 Å². The molecule has 26 heavy (non-hydrogen) atoms. The molecule has 1 aliphatic carbocycles. The first-order chi connectivity index (χ1) is 12.6. The molecule has 1 aromatic heterocycles. The molecule has 0 atom stereocenters. The van der Waals surface area contributed by atoms with E-state index in [0.717, 1.165) is 36.1 Å². The number of nitrogens with zero attached hydrogens (tertiary/aromatic N) is 4. The largest absolute Gasteiger partial charge is 0.316 e. The van der Waals surface area contributed by atoms with Gasteiger partial charge in [0.25, 0.3) is 0 Å². The molecule has 6 heteroatoms. The third kappa shape index (κ3) is 4.18. The van der Waals surface area contributed by atoms with Crippen LogP contribution in [-0.4, -0.2) is 37.9 Å². The van der Waals surface area contributed by atoms with Gasteiger partial charge < -0.3 is 4.90 Å². The first-order valence-electron chi connectivity index (χ1n) is 9.21. The van der Waals surface area contributed by atoms with Gasteiger partial charge in [-0.15, -0.1) is 10.2 Å². The van der Waals surface area contributed by atoms with Crippen molar-refractivity contribution < 1.29 is 4.79 Å². The second-order valence-electron chi connectivity index (χ2n) is 6.57. The highest BCUT2D eigenvalue weighted by Crippen LogP contribution is 2.25. The second-order valence-corrected chi connectivity index (χ2v) is 7.51. The molecular weight excluding hydrogens is 344 g/mol. The van der Waals surface area contributed by atoms with Crippen molar-refractivity contribution in [2.45, 2.75) is 51.6 Å². The normalized spacial score (nSPS) is 14.2. The van der Waals surface area contributed by atoms with Crippen molar-refractivity contribution in [2.24, 2.45) is 0 Å². The monoisotopic (exact) mass is 370 g/mol. The third-order valence-corrected chi connectivity index (χ3v) is 5.52. The quantitative estimate of drug-likeness (QED) is 0.712. The van der Waals surface area contributed by atoms with Crippen LogP contribution in [0.1, 0.15) is 44.0 Å². The Kier molecular flexibility index (Phi) is 6.14. The van der Waals surface area contributed by atoms with Gasteiger partial charge in [0, 0.05) is 17.9 Å². The van der Waals surface area contributed by atoms with Crippen LogP contribution in [-0.2, 0) is 4.79 Å². The minimum atomic E-state index is 0.141. The van der Waals surface area contributed by atoms with E-state index in [2.05, 4.69) is 35.3 Å². The Labute approximate surface area is 159 Å². The number of benzene rings is 1. The predicted molar refractivity (Wildman–Crippen MR) is 105 cm³/mol. The fourth-order valence-electron chi connectivity index (χ4n) is 3.31. The lowest BCUT2D eigenvalue weighted by Crippen LogP contribution is -2.32. The number of rotatable bonds is 6. The summed E-state index contributed by atoms with van der Waals surface area (Å²) in [5.74, 6) is 1.34. The Hall–Kier alpha value is -2.08. The summed E-state index contributed by atoms with van der Waals surface area (Å²) < 4.78 is 2.01. The van der Waals surface area contributed by atoms with Crippen molar-refractivity contribution in [2.75, 3.05) is 12.3 Å². The molecule has 1 heterocycles. The molecule has 0 aliphatic heterocycles. The molecule has 0 saturated heterocycles. The molecule has 1 aliphatic rings. The summed E-state index contributed by atoms with van der Waals surface area (Å²) >= 11 is 1.46. The van der Waals surface area contributed by atoms with Crippen LogP contribution >= 0.6 is 11.8 Å². The molecule has 1 amide bonds. The molecule has 138 valence electrons. The average Bonchev–Trinajstić information content (AvgIpc) is 3.02. The van der Waals surface area contributed by atoms with Gasteiger partial charge in [0.2, 0.25) is 5.91 Å². The van der Waals surface area contributed by atoms with E-state index in [1.165, 1.54) is 35.9 Å². The molecule has 0 unspecified atom stereocenters. The SMILES string of the molecule is CCN(C(=O)CSc1nnc(C)n1-c1cccc(C)c1)C1=CCCCC1. The zero-order valence-corrected chi connectivity index (χ0v) is 16.6. The number of hydrogen-bond acceptors (Lipinski definition) is 4. The predicted octanol–water partition coefficient (Wildman–Crippen LogP) is 4.28. The van der Waals surface area contributed by atoms with Gasteiger partial charge in [-0.2, -0.15) is 0 Å². The summed E-state index contributed by atoms with van der Waals surface area (Å²) in [6, 6.07) is 8.24. The maximum atomic E-state index is 12.8. The van der Waals surface area contributed by atoms with E-state index >= 15 is 0 Å². The maximum absolute atomic E-state index is 12.8. The van der Waals surface area contributed by atoms with Crippen LogP contribution in [0.15, 0.2) is 41.2 Å². The number of aryl methyl sites for hydroxylation is 2. The second kappa shape index (κ2) is 8.54. The summed E-state index contributed by atoms with van der Waals surface area (Å²) in [6.07, 6.45) is 6.69. The highest BCUT2D eigenvalue weighted by Gasteiger charge is 2.20. The van der Waals surface area contributed by atoms with E-state index in [0.29, 0.717) is 5.75 Å². The van der Waals surface area contributed by atoms with Crippen molar-refractivity contribution in [1.82, 2.24) is 19.7 Å². The lowest BCUT2D eigenvalue weighted by Gasteiger charge is -2.26. The molecule has 0 spiro atoms. The lowest BCUT2D eigenvalue weighted by molar-refractivity contribution is -0.126. The minimum absolute atomic E-state index is 0.141. The molecule has 5 nitrogen and oxygen atoms in total. The molecule has 0 N–H and O–H groups in total. The molecule has 0 fully saturated rings. The Morgan fingerprint density at radius 1 is 1.27 bits per heavy atom. The summed E-state index contributed by atoms with van der Waals surface area (Å²) in [5.41, 5.74) is 3.40. The molecule has 2 aromatic rings. The zero-order valence-electron chi connectivity index (χ0n) is 15.7. The van der Waals surface area contributed by atoms with Crippen LogP contribution in [0.5, 0.6) is 0 Å². The minimum Gasteiger partial charge on any atom is -0.316 e. The number of carbonyl (C=O) groups is 1. The number of amides is 1. The summed E-state index contributed by atoms with van der Waals surface area (Å²) in [4.78, 5) is 14.7. The van der Waals surface area contributed by atoms with Gasteiger partial charge in [0.1, 0.15) is 5.82 Å². The molecule has 3 rings (SSSR count). The third-order valence-electron chi connectivity index (χ3n) is 4.61. The van der Waals surface area contributed by atoms with Crippen LogP contribution in [0.25, 0.3) is 5.69 Å². The molecule has 0 bridgehead atoms. The van der Waals surface area contributed by atoms with Gasteiger partial charge in [-0.25, -0.2) is 0 Å². The van der Waals surface area contributed by atoms with Crippen LogP contribution in [0.4, 0.5) is 0 Å². The van der Waals surface area contributed by atoms with E-state index in [9.17, 15) is 4.79 Å². The number of carbonyl (C=O) groups excluding carboxylic acids is 1. The number of allylic oxidation sites excluding steroid dienone is 2. The summed E-state index contributed by atoms with van der Waals surface area (Å²) in [5, 5.41) is 9.25. The van der Waals surface area contributed by atoms with Crippen LogP contribution in [0, 0.1) is 13.8 Å². The molecule has 0 saturated carbocycles. The Balaban J connectivity index is 1.74. The lowest BCUT2D eigenvalue weighted by atomic mass is 10.0. The van der Waals surface area contributed by atoms with Crippen molar-refractivity contribution in [3.63, 3.8) is 0 Å². The first-order valence-corrected chi connectivity index (χ1v) is 10.2. The number of aromatic nitrogens is 3. The van der Waals surface area contributed by atoms with Crippen molar-refractivity contribution >= 4 is 17.7 Å². The van der Waals surface area contributed by atoms with E-state index < -0.39 is 0 Å². The standard InChI is InChI=1S/C20H26N4OS/c1-4-23(17-10-6-5-7-11-17)19(25)14-26-20-22-21-16(3)24(20)18-12-8-9-15(2)13-18/h8-10,12-13H,4-7,11,14H2,1-3H3. The van der Waals surface area contributed by atoms with E-state index in [1.54, 1.807) is 0 Å². The van der Waals surface area contributed by atoms with Crippen molar-refractivity contribution in [1.29, 1.82) is 0 Å². The fraction of sp³-hybridized carbons (Fsp3) is 0.450. The van der Waals surface area contributed by atoms with Crippen LogP contribution < -0.4 is 0 Å². The fourth-order valence-corrected chi connectivity index (χ4v) is 4.18. The van der Waals surface area contributed by atoms with Gasteiger partial charge >= 0.3 is 0 Å². The van der Waals surface area contributed by atoms with Gasteiger partial charge in [0.05, 0.1) is 5.75 Å². The van der Waals surface area contributed by atoms with Crippen molar-refractivity contribution in [3.8, 4) is 5.69 Å². The smallest absolute Gasteiger partial charge is 0.237 e. The Morgan fingerprint density at radius 2 is 2.12 bits per heavy atom. The highest BCUT2D eigenvalue weighted by molar-refractivity contribution is 7.99. The summed E-state index contributed by atoms with van der Waals surface area (Å²) in [6.45, 7) is 6.76. The van der Waals surface area contributed by atoms with Crippen LogP contribution in [0.2, 0.25) is 0 Å². The Bertz CT molecular complexity index is 812. The summed E-state index contributed by atoms with van der Waals surface area (Å²) in [7, 11) is 0. The molecule has 0 radical (unpaired) electrons. The number of thioether (sulfide) groups is 1. The zero-order chi connectivity index (χ0) is 18.5. The average molecular weight is 371 g/mol. The van der Waals surface area contributed by atoms with Gasteiger partial charge in [-0.1, -0.05) is 30.0 Å². The molecule has 1 aromatic carbocycles. The van der Waals surface area contributed by atoms with Gasteiger partial charge in [-0.05, 0) is 64.2 Å². The van der Waals surface area contributed by atoms with Crippen LogP contribution in [0.3, 0.4) is 0 Å². The van der Waals surface area contributed by atoms with E-state index in [1.807, 2.05) is 35.4 Å². The van der Waals surface area contributed by atoms with E-state index in [4.69, 9.17) is 0 Å².